The van der Waals surface area contributed by atoms with Crippen molar-refractivity contribution in [1.82, 2.24) is 10.2 Å². The molecule has 0 aliphatic carbocycles. The predicted octanol–water partition coefficient (Wildman–Crippen LogP) is 4.49. The summed E-state index contributed by atoms with van der Waals surface area (Å²) in [7, 11) is 0. The largest absolute Gasteiger partial charge is 0.314 e. The van der Waals surface area contributed by atoms with E-state index in [1.807, 2.05) is 0 Å². The van der Waals surface area contributed by atoms with Gasteiger partial charge in [0.05, 0.1) is 6.04 Å². The minimum atomic E-state index is -0.181. The van der Waals surface area contributed by atoms with Crippen molar-refractivity contribution in [3.05, 3.63) is 56.4 Å². The topological polar surface area (TPSA) is 15.3 Å². The molecular weight excluding hydrogens is 410 g/mol. The van der Waals surface area contributed by atoms with Crippen LogP contribution in [-0.2, 0) is 0 Å². The highest BCUT2D eigenvalue weighted by Crippen LogP contribution is 2.36. The number of halogens is 4. The van der Waals surface area contributed by atoms with Crippen LogP contribution in [0.1, 0.15) is 16.5 Å². The molecule has 1 aromatic carbocycles. The molecule has 1 N–H and O–H groups in total. The number of hydrogen-bond donors (Lipinski definition) is 1. The Morgan fingerprint density at radius 2 is 1.91 bits per heavy atom. The summed E-state index contributed by atoms with van der Waals surface area (Å²) in [6.07, 6.45) is 0. The van der Waals surface area contributed by atoms with Gasteiger partial charge in [0.25, 0.3) is 0 Å². The Morgan fingerprint density at radius 1 is 1.18 bits per heavy atom. The minimum absolute atomic E-state index is 0. The summed E-state index contributed by atoms with van der Waals surface area (Å²) in [6, 6.07) is 9.26. The molecule has 1 fully saturated rings. The average molecular weight is 428 g/mol. The molecule has 0 amide bonds. The van der Waals surface area contributed by atoms with Crippen LogP contribution >= 0.6 is 52.1 Å². The van der Waals surface area contributed by atoms with E-state index in [0.29, 0.717) is 0 Å². The van der Waals surface area contributed by atoms with Crippen LogP contribution in [0.2, 0.25) is 0 Å². The molecule has 0 radical (unpaired) electrons. The van der Waals surface area contributed by atoms with Crippen molar-refractivity contribution in [3.63, 3.8) is 0 Å². The van der Waals surface area contributed by atoms with Gasteiger partial charge in [-0.1, -0.05) is 22.0 Å². The second kappa shape index (κ2) is 9.21. The highest BCUT2D eigenvalue weighted by molar-refractivity contribution is 9.10. The van der Waals surface area contributed by atoms with Crippen LogP contribution in [0.4, 0.5) is 4.39 Å². The van der Waals surface area contributed by atoms with E-state index in [0.717, 1.165) is 36.2 Å². The average Bonchev–Trinajstić information content (AvgIpc) is 2.98. The quantitative estimate of drug-likeness (QED) is 0.776. The molecule has 1 atom stereocenters. The first-order valence-electron chi connectivity index (χ1n) is 6.69. The Hall–Kier alpha value is -0.170. The van der Waals surface area contributed by atoms with E-state index in [4.69, 9.17) is 0 Å². The number of piperazine rings is 1. The smallest absolute Gasteiger partial charge is 0.123 e. The monoisotopic (exact) mass is 426 g/mol. The van der Waals surface area contributed by atoms with Crippen molar-refractivity contribution in [2.24, 2.45) is 0 Å². The maximum Gasteiger partial charge on any atom is 0.123 e. The van der Waals surface area contributed by atoms with Gasteiger partial charge in [-0.3, -0.25) is 4.90 Å². The Labute approximate surface area is 155 Å². The van der Waals surface area contributed by atoms with Crippen molar-refractivity contribution in [1.29, 1.82) is 0 Å². The maximum absolute atomic E-state index is 13.7. The van der Waals surface area contributed by atoms with E-state index in [-0.39, 0.29) is 36.7 Å². The fourth-order valence-electron chi connectivity index (χ4n) is 2.64. The zero-order chi connectivity index (χ0) is 13.9. The maximum atomic E-state index is 13.7. The summed E-state index contributed by atoms with van der Waals surface area (Å²) in [5.41, 5.74) is 1.01. The second-order valence-electron chi connectivity index (χ2n) is 4.87. The summed E-state index contributed by atoms with van der Waals surface area (Å²) in [5.74, 6) is -0.181. The molecule has 1 saturated heterocycles. The van der Waals surface area contributed by atoms with E-state index in [2.05, 4.69) is 43.7 Å². The Kier molecular flexibility index (Phi) is 8.32. The van der Waals surface area contributed by atoms with Gasteiger partial charge in [0, 0.05) is 35.5 Å². The molecule has 0 bridgehead atoms. The SMILES string of the molecule is Cl.Cl.Fc1ccc(Br)c([C@@H](c2cccs2)N2CCNCC2)c1. The van der Waals surface area contributed by atoms with Crippen LogP contribution in [0.3, 0.4) is 0 Å². The van der Waals surface area contributed by atoms with Gasteiger partial charge >= 0.3 is 0 Å². The van der Waals surface area contributed by atoms with Crippen LogP contribution in [0.25, 0.3) is 0 Å². The third-order valence-electron chi connectivity index (χ3n) is 3.58. The van der Waals surface area contributed by atoms with Crippen molar-refractivity contribution in [2.45, 2.75) is 6.04 Å². The molecule has 1 aromatic heterocycles. The van der Waals surface area contributed by atoms with Gasteiger partial charge in [0.2, 0.25) is 0 Å². The van der Waals surface area contributed by atoms with Gasteiger partial charge in [-0.15, -0.1) is 36.2 Å². The number of rotatable bonds is 3. The van der Waals surface area contributed by atoms with E-state index in [1.54, 1.807) is 23.5 Å². The first-order valence-corrected chi connectivity index (χ1v) is 8.36. The molecule has 1 aliphatic rings. The van der Waals surface area contributed by atoms with Crippen molar-refractivity contribution in [3.8, 4) is 0 Å². The molecule has 2 heterocycles. The van der Waals surface area contributed by atoms with Crippen LogP contribution in [0, 0.1) is 5.82 Å². The van der Waals surface area contributed by atoms with Gasteiger partial charge in [0.15, 0.2) is 0 Å². The molecule has 7 heteroatoms. The van der Waals surface area contributed by atoms with Crippen LogP contribution in [-0.4, -0.2) is 31.1 Å². The number of benzene rings is 1. The standard InChI is InChI=1S/C15H16BrFN2S.2ClH/c16-13-4-3-11(17)10-12(13)15(14-2-1-9-20-14)19-7-5-18-6-8-19;;/h1-4,9-10,15,18H,5-8H2;2*1H/t15-;;/m0../s1. The fourth-order valence-corrected chi connectivity index (χ4v) is 3.98. The van der Waals surface area contributed by atoms with Crippen LogP contribution in [0.5, 0.6) is 0 Å². The second-order valence-corrected chi connectivity index (χ2v) is 6.70. The number of nitrogens with zero attached hydrogens (tertiary/aromatic N) is 1. The highest BCUT2D eigenvalue weighted by atomic mass is 79.9. The summed E-state index contributed by atoms with van der Waals surface area (Å²) >= 11 is 5.31. The van der Waals surface area contributed by atoms with E-state index in [1.165, 1.54) is 10.9 Å². The lowest BCUT2D eigenvalue weighted by Gasteiger charge is -2.35. The van der Waals surface area contributed by atoms with Crippen molar-refractivity contribution < 1.29 is 4.39 Å². The van der Waals surface area contributed by atoms with Crippen LogP contribution in [0.15, 0.2) is 40.2 Å². The molecule has 22 heavy (non-hydrogen) atoms. The third-order valence-corrected chi connectivity index (χ3v) is 5.23. The first-order chi connectivity index (χ1) is 9.75. The van der Waals surface area contributed by atoms with E-state index >= 15 is 0 Å². The Balaban J connectivity index is 0.00000121. The summed E-state index contributed by atoms with van der Waals surface area (Å²) in [6.45, 7) is 3.92. The molecule has 2 aromatic rings. The number of thiophene rings is 1. The van der Waals surface area contributed by atoms with Crippen LogP contribution < -0.4 is 5.32 Å². The van der Waals surface area contributed by atoms with Crippen molar-refractivity contribution in [2.75, 3.05) is 26.2 Å². The summed E-state index contributed by atoms with van der Waals surface area (Å²) < 4.78 is 14.6. The molecule has 0 unspecified atom stereocenters. The Morgan fingerprint density at radius 3 is 2.55 bits per heavy atom. The molecular formula is C15H18BrCl2FN2S. The van der Waals surface area contributed by atoms with Gasteiger partial charge in [-0.25, -0.2) is 4.39 Å². The fraction of sp³-hybridized carbons (Fsp3) is 0.333. The lowest BCUT2D eigenvalue weighted by molar-refractivity contribution is 0.200. The minimum Gasteiger partial charge on any atom is -0.314 e. The van der Waals surface area contributed by atoms with Gasteiger partial charge < -0.3 is 5.32 Å². The van der Waals surface area contributed by atoms with E-state index < -0.39 is 0 Å². The van der Waals surface area contributed by atoms with Gasteiger partial charge in [-0.05, 0) is 35.2 Å². The third kappa shape index (κ3) is 4.43. The summed E-state index contributed by atoms with van der Waals surface area (Å²) in [5, 5.41) is 5.45. The Bertz CT molecular complexity index is 577. The first kappa shape index (κ1) is 19.9. The molecule has 3 rings (SSSR count). The lowest BCUT2D eigenvalue weighted by atomic mass is 10.0. The number of nitrogens with one attached hydrogen (secondary N) is 1. The lowest BCUT2D eigenvalue weighted by Crippen LogP contribution is -2.45. The highest BCUT2D eigenvalue weighted by Gasteiger charge is 2.26. The zero-order valence-corrected chi connectivity index (χ0v) is 15.8. The molecule has 0 saturated carbocycles. The van der Waals surface area contributed by atoms with Gasteiger partial charge in [-0.2, -0.15) is 0 Å². The van der Waals surface area contributed by atoms with Crippen molar-refractivity contribution >= 4 is 52.1 Å². The number of hydrogen-bond acceptors (Lipinski definition) is 3. The molecule has 122 valence electrons. The molecule has 1 aliphatic heterocycles. The van der Waals surface area contributed by atoms with E-state index in [9.17, 15) is 4.39 Å². The molecule has 2 nitrogen and oxygen atoms in total. The van der Waals surface area contributed by atoms with Gasteiger partial charge in [0.1, 0.15) is 5.82 Å². The molecule has 0 spiro atoms. The summed E-state index contributed by atoms with van der Waals surface area (Å²) in [4.78, 5) is 3.68. The zero-order valence-electron chi connectivity index (χ0n) is 11.8. The predicted molar refractivity (Wildman–Crippen MR) is 99.2 cm³/mol. The normalized spacial score (nSPS) is 16.5.